The van der Waals surface area contributed by atoms with Gasteiger partial charge in [0.15, 0.2) is 17.5 Å². The summed E-state index contributed by atoms with van der Waals surface area (Å²) in [4.78, 5) is 7.23. The third-order valence-electron chi connectivity index (χ3n) is 5.49. The number of halogens is 4. The average Bonchev–Trinajstić information content (AvgIpc) is 2.92. The minimum atomic E-state index is -2.40. The Morgan fingerprint density at radius 1 is 0.895 bits per heavy atom. The van der Waals surface area contributed by atoms with E-state index in [-0.39, 0.29) is 30.2 Å². The smallest absolute Gasteiger partial charge is 0.251 e. The van der Waals surface area contributed by atoms with Crippen LogP contribution in [0.4, 0.5) is 29.1 Å². The largest absolute Gasteiger partial charge is 0.588 e. The molecule has 0 amide bonds. The lowest BCUT2D eigenvalue weighted by Crippen LogP contribution is -2.33. The van der Waals surface area contributed by atoms with Crippen molar-refractivity contribution in [1.29, 1.82) is 0 Å². The highest BCUT2D eigenvalue weighted by molar-refractivity contribution is 7.92. The SMILES string of the molecule is COc1ccc(CN(c2ccncn2)[S+]([O-])c2c(F)cc(NCc3cc(F)ccc3F)cc2F)c(OC)c1. The molecule has 0 saturated carbocycles. The van der Waals surface area contributed by atoms with E-state index in [1.54, 1.807) is 18.2 Å². The molecule has 0 aliphatic carbocycles. The average molecular weight is 547 g/mol. The van der Waals surface area contributed by atoms with Crippen LogP contribution in [-0.2, 0) is 24.5 Å². The van der Waals surface area contributed by atoms with Crippen LogP contribution in [0.15, 0.2) is 72.0 Å². The molecule has 3 aromatic carbocycles. The highest BCUT2D eigenvalue weighted by Gasteiger charge is 2.32. The van der Waals surface area contributed by atoms with Gasteiger partial charge >= 0.3 is 0 Å². The standard InChI is InChI=1S/C26H22F4N4O3S/c1-36-20-5-3-16(24(12-20)37-2)14-34(25-7-8-31-15-33-25)38(35)26-22(29)10-19(11-23(26)30)32-13-17-9-18(27)4-6-21(17)28/h3-12,15,32H,13-14H2,1-2H3. The van der Waals surface area contributed by atoms with Gasteiger partial charge in [-0.25, -0.2) is 27.5 Å². The maximum absolute atomic E-state index is 15.2. The Labute approximate surface area is 219 Å². The van der Waals surface area contributed by atoms with Crippen LogP contribution < -0.4 is 19.1 Å². The molecule has 0 bridgehead atoms. The predicted octanol–water partition coefficient (Wildman–Crippen LogP) is 5.39. The van der Waals surface area contributed by atoms with Gasteiger partial charge < -0.3 is 19.3 Å². The number of ether oxygens (including phenoxy) is 2. The number of rotatable bonds is 10. The zero-order valence-corrected chi connectivity index (χ0v) is 21.1. The summed E-state index contributed by atoms with van der Waals surface area (Å²) < 4.78 is 83.1. The van der Waals surface area contributed by atoms with Crippen molar-refractivity contribution in [3.63, 3.8) is 0 Å². The van der Waals surface area contributed by atoms with Crippen LogP contribution in [0.25, 0.3) is 0 Å². The van der Waals surface area contributed by atoms with Gasteiger partial charge in [0.25, 0.3) is 4.90 Å². The first kappa shape index (κ1) is 27.0. The van der Waals surface area contributed by atoms with E-state index in [0.717, 1.165) is 30.3 Å². The normalized spacial score (nSPS) is 11.7. The number of aromatic nitrogens is 2. The van der Waals surface area contributed by atoms with Crippen molar-refractivity contribution in [2.75, 3.05) is 23.8 Å². The second-order valence-corrected chi connectivity index (χ2v) is 9.24. The zero-order chi connectivity index (χ0) is 27.2. The Balaban J connectivity index is 1.64. The Bertz CT molecular complexity index is 1390. The van der Waals surface area contributed by atoms with Gasteiger partial charge in [0.1, 0.15) is 40.8 Å². The van der Waals surface area contributed by atoms with Crippen LogP contribution in [-0.4, -0.2) is 28.7 Å². The molecule has 12 heteroatoms. The fourth-order valence-electron chi connectivity index (χ4n) is 3.61. The third kappa shape index (κ3) is 6.09. The van der Waals surface area contributed by atoms with Gasteiger partial charge in [-0.1, -0.05) is 0 Å². The third-order valence-corrected chi connectivity index (χ3v) is 6.95. The molecule has 0 fully saturated rings. The second-order valence-electron chi connectivity index (χ2n) is 7.89. The molecule has 7 nitrogen and oxygen atoms in total. The topological polar surface area (TPSA) is 82.6 Å². The molecule has 1 unspecified atom stereocenters. The Morgan fingerprint density at radius 2 is 1.66 bits per heavy atom. The molecule has 0 radical (unpaired) electrons. The molecule has 0 spiro atoms. The van der Waals surface area contributed by atoms with Crippen molar-refractivity contribution in [1.82, 2.24) is 9.97 Å². The molecule has 0 aliphatic rings. The number of hydrogen-bond acceptors (Lipinski definition) is 7. The summed E-state index contributed by atoms with van der Waals surface area (Å²) in [7, 11) is 2.94. The van der Waals surface area contributed by atoms with Crippen molar-refractivity contribution < 1.29 is 31.6 Å². The minimum absolute atomic E-state index is 0.0261. The van der Waals surface area contributed by atoms with E-state index in [9.17, 15) is 13.3 Å². The highest BCUT2D eigenvalue weighted by atomic mass is 32.2. The zero-order valence-electron chi connectivity index (χ0n) is 20.3. The van der Waals surface area contributed by atoms with Crippen molar-refractivity contribution in [2.45, 2.75) is 18.0 Å². The Hall–Kier alpha value is -4.03. The van der Waals surface area contributed by atoms with Crippen LogP contribution in [0.3, 0.4) is 0 Å². The fourth-order valence-corrected chi connectivity index (χ4v) is 4.81. The summed E-state index contributed by atoms with van der Waals surface area (Å²) in [6.45, 7) is -0.316. The predicted molar refractivity (Wildman–Crippen MR) is 134 cm³/mol. The van der Waals surface area contributed by atoms with E-state index in [2.05, 4.69) is 15.3 Å². The molecule has 4 rings (SSSR count). The van der Waals surface area contributed by atoms with E-state index in [4.69, 9.17) is 9.47 Å². The minimum Gasteiger partial charge on any atom is -0.588 e. The van der Waals surface area contributed by atoms with Crippen LogP contribution in [0.2, 0.25) is 0 Å². The van der Waals surface area contributed by atoms with Gasteiger partial charge in [0.05, 0.1) is 20.8 Å². The van der Waals surface area contributed by atoms with E-state index >= 15 is 8.78 Å². The second kappa shape index (κ2) is 12.0. The van der Waals surface area contributed by atoms with E-state index < -0.39 is 39.5 Å². The number of hydrogen-bond donors (Lipinski definition) is 1. The molecule has 0 aliphatic heterocycles. The maximum atomic E-state index is 15.2. The molecule has 0 saturated heterocycles. The van der Waals surface area contributed by atoms with E-state index in [0.29, 0.717) is 17.1 Å². The molecular formula is C26H22F4N4O3S. The first-order valence-corrected chi connectivity index (χ1v) is 12.2. The molecule has 38 heavy (non-hydrogen) atoms. The van der Waals surface area contributed by atoms with Crippen LogP contribution in [0, 0.1) is 23.3 Å². The summed E-state index contributed by atoms with van der Waals surface area (Å²) in [5.41, 5.74) is 0.480. The van der Waals surface area contributed by atoms with Gasteiger partial charge in [-0.15, -0.1) is 0 Å². The van der Waals surface area contributed by atoms with Crippen LogP contribution >= 0.6 is 0 Å². The quantitative estimate of drug-likeness (QED) is 0.211. The van der Waals surface area contributed by atoms with Crippen molar-refractivity contribution in [3.05, 3.63) is 102 Å². The molecule has 1 N–H and O–H groups in total. The van der Waals surface area contributed by atoms with Gasteiger partial charge in [-0.2, -0.15) is 4.31 Å². The number of nitrogens with zero attached hydrogens (tertiary/aromatic N) is 3. The molecule has 4 aromatic rings. The maximum Gasteiger partial charge on any atom is 0.251 e. The monoisotopic (exact) mass is 546 g/mol. The van der Waals surface area contributed by atoms with Gasteiger partial charge in [-0.05, 0) is 30.3 Å². The highest BCUT2D eigenvalue weighted by Crippen LogP contribution is 2.33. The lowest BCUT2D eigenvalue weighted by Gasteiger charge is -2.26. The fraction of sp³-hybridized carbons (Fsp3) is 0.154. The number of benzene rings is 3. The number of methoxy groups -OCH3 is 2. The van der Waals surface area contributed by atoms with E-state index in [1.807, 2.05) is 0 Å². The van der Waals surface area contributed by atoms with E-state index in [1.165, 1.54) is 37.1 Å². The molecule has 1 aromatic heterocycles. The van der Waals surface area contributed by atoms with Gasteiger partial charge in [0, 0.05) is 53.8 Å². The molecular weight excluding hydrogens is 524 g/mol. The van der Waals surface area contributed by atoms with Crippen LogP contribution in [0.1, 0.15) is 11.1 Å². The molecule has 198 valence electrons. The lowest BCUT2D eigenvalue weighted by molar-refractivity contribution is 0.391. The summed E-state index contributed by atoms with van der Waals surface area (Å²) in [5.74, 6) is -2.45. The Morgan fingerprint density at radius 3 is 2.32 bits per heavy atom. The molecule has 1 atom stereocenters. The van der Waals surface area contributed by atoms with Crippen molar-refractivity contribution >= 4 is 22.9 Å². The van der Waals surface area contributed by atoms with Crippen LogP contribution in [0.5, 0.6) is 11.5 Å². The number of nitrogens with one attached hydrogen (secondary N) is 1. The van der Waals surface area contributed by atoms with Crippen molar-refractivity contribution in [2.24, 2.45) is 0 Å². The molecule has 1 heterocycles. The Kier molecular flexibility index (Phi) is 8.54. The summed E-state index contributed by atoms with van der Waals surface area (Å²) in [6.07, 6.45) is 2.62. The number of anilines is 2. The summed E-state index contributed by atoms with van der Waals surface area (Å²) >= 11 is -2.40. The first-order chi connectivity index (χ1) is 18.3. The van der Waals surface area contributed by atoms with Gasteiger partial charge in [0.2, 0.25) is 0 Å². The summed E-state index contributed by atoms with van der Waals surface area (Å²) in [5, 5.41) is 2.66. The lowest BCUT2D eigenvalue weighted by atomic mass is 10.2. The summed E-state index contributed by atoms with van der Waals surface area (Å²) in [6, 6.07) is 11.2. The van der Waals surface area contributed by atoms with Crippen molar-refractivity contribution in [3.8, 4) is 11.5 Å². The first-order valence-electron chi connectivity index (χ1n) is 11.1. The van der Waals surface area contributed by atoms with Gasteiger partial charge in [-0.3, -0.25) is 0 Å².